The van der Waals surface area contributed by atoms with E-state index in [-0.39, 0.29) is 23.7 Å². The molecule has 2 unspecified atom stereocenters. The number of nitrogens with one attached hydrogen (secondary N) is 3. The Morgan fingerprint density at radius 2 is 1.84 bits per heavy atom. The molecule has 2 aromatic carbocycles. The summed E-state index contributed by atoms with van der Waals surface area (Å²) in [7, 11) is 3.99. The molecule has 0 aliphatic carbocycles. The molecule has 2 aromatic rings. The first-order valence-corrected chi connectivity index (χ1v) is 8.32. The van der Waals surface area contributed by atoms with Gasteiger partial charge < -0.3 is 10.2 Å². The molecule has 0 radical (unpaired) electrons. The van der Waals surface area contributed by atoms with Crippen LogP contribution in [0.3, 0.4) is 0 Å². The number of nitrogens with zero attached hydrogens (tertiary/aromatic N) is 1. The highest BCUT2D eigenvalue weighted by Gasteiger charge is 2.33. The summed E-state index contributed by atoms with van der Waals surface area (Å²) in [5.41, 5.74) is 9.19. The highest BCUT2D eigenvalue weighted by Crippen LogP contribution is 2.25. The summed E-state index contributed by atoms with van der Waals surface area (Å²) in [5.74, 6) is -0.549. The summed E-state index contributed by atoms with van der Waals surface area (Å²) in [6, 6.07) is 14.2. The molecule has 0 saturated carbocycles. The first-order chi connectivity index (χ1) is 12.0. The van der Waals surface area contributed by atoms with Gasteiger partial charge in [0, 0.05) is 32.9 Å². The molecule has 6 heteroatoms. The van der Waals surface area contributed by atoms with Crippen LogP contribution in [-0.4, -0.2) is 26.5 Å². The number of halogens is 1. The number of hydrogen-bond donors (Lipinski definition) is 3. The molecule has 132 valence electrons. The fourth-order valence-corrected chi connectivity index (χ4v) is 2.96. The van der Waals surface area contributed by atoms with E-state index in [1.54, 1.807) is 12.1 Å². The summed E-state index contributed by atoms with van der Waals surface area (Å²) in [6.45, 7) is 1.02. The molecule has 0 spiro atoms. The Bertz CT molecular complexity index is 715. The maximum atomic E-state index is 13.1. The predicted molar refractivity (Wildman–Crippen MR) is 96.4 cm³/mol. The lowest BCUT2D eigenvalue weighted by molar-refractivity contribution is -0.125. The van der Waals surface area contributed by atoms with E-state index < -0.39 is 0 Å². The van der Waals surface area contributed by atoms with E-state index in [4.69, 9.17) is 0 Å². The van der Waals surface area contributed by atoms with Crippen LogP contribution in [0.5, 0.6) is 0 Å². The van der Waals surface area contributed by atoms with Gasteiger partial charge in [0.25, 0.3) is 0 Å². The third kappa shape index (κ3) is 4.15. The summed E-state index contributed by atoms with van der Waals surface area (Å²) in [4.78, 5) is 14.6. The zero-order valence-corrected chi connectivity index (χ0v) is 14.4. The Hall–Kier alpha value is -2.44. The molecule has 0 bridgehead atoms. The van der Waals surface area contributed by atoms with Crippen LogP contribution < -0.4 is 21.1 Å². The van der Waals surface area contributed by atoms with Crippen LogP contribution in [0, 0.1) is 11.7 Å². The average molecular weight is 342 g/mol. The maximum Gasteiger partial charge on any atom is 0.226 e. The largest absolute Gasteiger partial charge is 0.378 e. The van der Waals surface area contributed by atoms with Crippen molar-refractivity contribution >= 4 is 11.6 Å². The third-order valence-corrected chi connectivity index (χ3v) is 4.47. The molecule has 1 fully saturated rings. The molecule has 1 aliphatic heterocycles. The first kappa shape index (κ1) is 17.4. The van der Waals surface area contributed by atoms with Crippen molar-refractivity contribution in [1.29, 1.82) is 0 Å². The number of amides is 1. The monoisotopic (exact) mass is 342 g/mol. The van der Waals surface area contributed by atoms with Gasteiger partial charge >= 0.3 is 0 Å². The van der Waals surface area contributed by atoms with Gasteiger partial charge in [-0.3, -0.25) is 10.2 Å². The van der Waals surface area contributed by atoms with Gasteiger partial charge in [0.15, 0.2) is 0 Å². The summed E-state index contributed by atoms with van der Waals surface area (Å²) in [5, 5.41) is 2.99. The Labute approximate surface area is 147 Å². The maximum absolute atomic E-state index is 13.1. The van der Waals surface area contributed by atoms with E-state index in [0.29, 0.717) is 13.1 Å². The van der Waals surface area contributed by atoms with E-state index >= 15 is 0 Å². The van der Waals surface area contributed by atoms with E-state index in [2.05, 4.69) is 16.2 Å². The summed E-state index contributed by atoms with van der Waals surface area (Å²) < 4.78 is 13.1. The molecule has 1 aliphatic rings. The molecule has 3 N–H and O–H groups in total. The van der Waals surface area contributed by atoms with Crippen LogP contribution in [0.1, 0.15) is 17.2 Å². The van der Waals surface area contributed by atoms with Crippen molar-refractivity contribution in [3.8, 4) is 0 Å². The zero-order valence-electron chi connectivity index (χ0n) is 14.4. The number of anilines is 1. The minimum atomic E-state index is -0.281. The first-order valence-electron chi connectivity index (χ1n) is 8.32. The highest BCUT2D eigenvalue weighted by molar-refractivity contribution is 5.80. The van der Waals surface area contributed by atoms with Gasteiger partial charge in [-0.05, 0) is 35.4 Å². The smallest absolute Gasteiger partial charge is 0.226 e. The topological polar surface area (TPSA) is 56.4 Å². The Morgan fingerprint density at radius 3 is 2.48 bits per heavy atom. The Morgan fingerprint density at radius 1 is 1.16 bits per heavy atom. The molecule has 1 saturated heterocycles. The quantitative estimate of drug-likeness (QED) is 0.778. The predicted octanol–water partition coefficient (Wildman–Crippen LogP) is 1.97. The van der Waals surface area contributed by atoms with Gasteiger partial charge in [-0.15, -0.1) is 0 Å². The van der Waals surface area contributed by atoms with Crippen molar-refractivity contribution in [1.82, 2.24) is 16.2 Å². The van der Waals surface area contributed by atoms with Crippen molar-refractivity contribution in [3.63, 3.8) is 0 Å². The fraction of sp³-hybridized carbons (Fsp3) is 0.316. The third-order valence-electron chi connectivity index (χ3n) is 4.47. The lowest BCUT2D eigenvalue weighted by Gasteiger charge is -2.19. The molecule has 3 rings (SSSR count). The van der Waals surface area contributed by atoms with Gasteiger partial charge in [-0.25, -0.2) is 9.82 Å². The van der Waals surface area contributed by atoms with Crippen molar-refractivity contribution in [2.75, 3.05) is 25.5 Å². The van der Waals surface area contributed by atoms with Crippen LogP contribution in [0.25, 0.3) is 0 Å². The SMILES string of the molecule is CN(C)c1ccc(CNC(=O)C2CNNC2c2ccc(F)cc2)cc1. The van der Waals surface area contributed by atoms with Crippen LogP contribution in [-0.2, 0) is 11.3 Å². The van der Waals surface area contributed by atoms with E-state index in [1.807, 2.05) is 43.3 Å². The molecule has 1 amide bonds. The molecule has 0 aromatic heterocycles. The van der Waals surface area contributed by atoms with Gasteiger partial charge in [-0.1, -0.05) is 24.3 Å². The molecule has 5 nitrogen and oxygen atoms in total. The molecule has 2 atom stereocenters. The van der Waals surface area contributed by atoms with Gasteiger partial charge in [0.05, 0.1) is 12.0 Å². The minimum absolute atomic E-state index is 0.0245. The minimum Gasteiger partial charge on any atom is -0.378 e. The standard InChI is InChI=1S/C19H23FN4O/c1-24(2)16-9-3-13(4-10-16)11-21-19(25)17-12-22-23-18(17)14-5-7-15(20)8-6-14/h3-10,17-18,22-23H,11-12H2,1-2H3,(H,21,25). The fourth-order valence-electron chi connectivity index (χ4n) is 2.96. The number of carbonyl (C=O) groups is 1. The molecular formula is C19H23FN4O. The number of hydrogen-bond acceptors (Lipinski definition) is 4. The Balaban J connectivity index is 1.61. The lowest BCUT2D eigenvalue weighted by Crippen LogP contribution is -2.34. The summed E-state index contributed by atoms with van der Waals surface area (Å²) >= 11 is 0. The highest BCUT2D eigenvalue weighted by atomic mass is 19.1. The van der Waals surface area contributed by atoms with E-state index in [9.17, 15) is 9.18 Å². The zero-order chi connectivity index (χ0) is 17.8. The number of carbonyl (C=O) groups excluding carboxylic acids is 1. The lowest BCUT2D eigenvalue weighted by atomic mass is 9.94. The van der Waals surface area contributed by atoms with E-state index in [1.165, 1.54) is 12.1 Å². The van der Waals surface area contributed by atoms with Crippen molar-refractivity contribution in [2.45, 2.75) is 12.6 Å². The van der Waals surface area contributed by atoms with Crippen LogP contribution in [0.15, 0.2) is 48.5 Å². The van der Waals surface area contributed by atoms with Crippen molar-refractivity contribution in [3.05, 3.63) is 65.5 Å². The van der Waals surface area contributed by atoms with Gasteiger partial charge in [-0.2, -0.15) is 0 Å². The molecule has 1 heterocycles. The number of benzene rings is 2. The van der Waals surface area contributed by atoms with Crippen LogP contribution in [0.4, 0.5) is 10.1 Å². The molecule has 25 heavy (non-hydrogen) atoms. The summed E-state index contributed by atoms with van der Waals surface area (Å²) in [6.07, 6.45) is 0. The van der Waals surface area contributed by atoms with Crippen molar-refractivity contribution < 1.29 is 9.18 Å². The van der Waals surface area contributed by atoms with Gasteiger partial charge in [0.1, 0.15) is 5.82 Å². The number of rotatable bonds is 5. The molecular weight excluding hydrogens is 319 g/mol. The Kier molecular flexibility index (Phi) is 5.31. The average Bonchev–Trinajstić information content (AvgIpc) is 3.10. The van der Waals surface area contributed by atoms with Crippen LogP contribution >= 0.6 is 0 Å². The second-order valence-electron chi connectivity index (χ2n) is 6.44. The second-order valence-corrected chi connectivity index (χ2v) is 6.44. The van der Waals surface area contributed by atoms with E-state index in [0.717, 1.165) is 16.8 Å². The van der Waals surface area contributed by atoms with Crippen LogP contribution in [0.2, 0.25) is 0 Å². The van der Waals surface area contributed by atoms with Crippen molar-refractivity contribution in [2.24, 2.45) is 5.92 Å². The van der Waals surface area contributed by atoms with Gasteiger partial charge in [0.2, 0.25) is 5.91 Å². The normalized spacial score (nSPS) is 19.6. The second kappa shape index (κ2) is 7.63. The number of hydrazine groups is 1.